The summed E-state index contributed by atoms with van der Waals surface area (Å²) in [5.41, 5.74) is 6.32. The van der Waals surface area contributed by atoms with Crippen molar-refractivity contribution in [2.24, 2.45) is 12.8 Å². The zero-order chi connectivity index (χ0) is 14.8. The number of sulfonamides is 1. The summed E-state index contributed by atoms with van der Waals surface area (Å²) in [6.45, 7) is 0.127. The van der Waals surface area contributed by atoms with Crippen LogP contribution in [0.2, 0.25) is 0 Å². The first kappa shape index (κ1) is 14.6. The molecular formula is C11H13N5O2S2. The zero-order valence-electron chi connectivity index (χ0n) is 10.6. The third-order valence-corrected chi connectivity index (χ3v) is 4.14. The molecular weight excluding hydrogens is 298 g/mol. The molecule has 2 aromatic heterocycles. The van der Waals surface area contributed by atoms with Crippen LogP contribution >= 0.6 is 12.2 Å². The van der Waals surface area contributed by atoms with E-state index in [-0.39, 0.29) is 22.1 Å². The smallest absolute Gasteiger partial charge is 0.243 e. The molecule has 0 saturated heterocycles. The summed E-state index contributed by atoms with van der Waals surface area (Å²) in [5, 5.41) is 3.96. The highest BCUT2D eigenvalue weighted by molar-refractivity contribution is 7.89. The average molecular weight is 311 g/mol. The summed E-state index contributed by atoms with van der Waals surface area (Å²) in [6.07, 6.45) is 4.75. The molecule has 20 heavy (non-hydrogen) atoms. The molecule has 0 aliphatic rings. The van der Waals surface area contributed by atoms with E-state index in [0.29, 0.717) is 0 Å². The lowest BCUT2D eigenvalue weighted by Gasteiger charge is -2.09. The van der Waals surface area contributed by atoms with Gasteiger partial charge in [0.2, 0.25) is 10.0 Å². The van der Waals surface area contributed by atoms with Crippen molar-refractivity contribution >= 4 is 27.2 Å². The lowest BCUT2D eigenvalue weighted by molar-refractivity contribution is 0.580. The molecule has 0 radical (unpaired) electrons. The van der Waals surface area contributed by atoms with Crippen molar-refractivity contribution in [2.75, 3.05) is 0 Å². The van der Waals surface area contributed by atoms with Crippen molar-refractivity contribution in [3.8, 4) is 0 Å². The maximum absolute atomic E-state index is 12.2. The van der Waals surface area contributed by atoms with Crippen LogP contribution in [0.5, 0.6) is 0 Å². The summed E-state index contributed by atoms with van der Waals surface area (Å²) in [4.78, 5) is 3.81. The first-order valence-electron chi connectivity index (χ1n) is 5.62. The second-order valence-electron chi connectivity index (χ2n) is 4.06. The fourth-order valence-electron chi connectivity index (χ4n) is 1.61. The van der Waals surface area contributed by atoms with E-state index in [1.54, 1.807) is 24.1 Å². The molecule has 0 fully saturated rings. The molecule has 9 heteroatoms. The monoisotopic (exact) mass is 311 g/mol. The van der Waals surface area contributed by atoms with E-state index in [1.807, 2.05) is 0 Å². The van der Waals surface area contributed by atoms with Gasteiger partial charge in [0.15, 0.2) is 0 Å². The van der Waals surface area contributed by atoms with E-state index in [0.717, 1.165) is 5.56 Å². The summed E-state index contributed by atoms with van der Waals surface area (Å²) >= 11 is 4.81. The van der Waals surface area contributed by atoms with Gasteiger partial charge in [-0.2, -0.15) is 5.10 Å². The summed E-state index contributed by atoms with van der Waals surface area (Å²) in [7, 11) is -1.99. The molecule has 7 nitrogen and oxygen atoms in total. The molecule has 0 spiro atoms. The van der Waals surface area contributed by atoms with Crippen LogP contribution in [0.3, 0.4) is 0 Å². The SMILES string of the molecule is Cn1cc(CNS(=O)(=O)c2cccnc2C(N)=S)cn1. The maximum Gasteiger partial charge on any atom is 0.243 e. The van der Waals surface area contributed by atoms with Gasteiger partial charge in [0, 0.05) is 31.5 Å². The van der Waals surface area contributed by atoms with Crippen LogP contribution in [-0.2, 0) is 23.6 Å². The predicted molar refractivity (Wildman–Crippen MR) is 77.4 cm³/mol. The van der Waals surface area contributed by atoms with Crippen LogP contribution in [0, 0.1) is 0 Å². The van der Waals surface area contributed by atoms with Gasteiger partial charge in [-0.15, -0.1) is 0 Å². The Morgan fingerprint density at radius 2 is 2.30 bits per heavy atom. The van der Waals surface area contributed by atoms with E-state index in [2.05, 4.69) is 14.8 Å². The molecule has 3 N–H and O–H groups in total. The highest BCUT2D eigenvalue weighted by Gasteiger charge is 2.20. The second-order valence-corrected chi connectivity index (χ2v) is 6.24. The van der Waals surface area contributed by atoms with E-state index >= 15 is 0 Å². The molecule has 0 aliphatic carbocycles. The van der Waals surface area contributed by atoms with Gasteiger partial charge in [-0.1, -0.05) is 12.2 Å². The van der Waals surface area contributed by atoms with Crippen LogP contribution < -0.4 is 10.5 Å². The first-order chi connectivity index (χ1) is 9.40. The number of hydrogen-bond acceptors (Lipinski definition) is 5. The molecule has 0 amide bonds. The van der Waals surface area contributed by atoms with Gasteiger partial charge in [-0.05, 0) is 12.1 Å². The minimum atomic E-state index is -3.74. The number of rotatable bonds is 5. The topological polar surface area (TPSA) is 103 Å². The standard InChI is InChI=1S/C11H13N5O2S2/c1-16-7-8(5-14-16)6-15-20(17,18)9-3-2-4-13-10(9)11(12)19/h2-5,7,15H,6H2,1H3,(H2,12,19). The lowest BCUT2D eigenvalue weighted by atomic mass is 10.3. The minimum Gasteiger partial charge on any atom is -0.388 e. The van der Waals surface area contributed by atoms with Gasteiger partial charge in [-0.3, -0.25) is 9.67 Å². The average Bonchev–Trinajstić information content (AvgIpc) is 2.82. The molecule has 2 aromatic rings. The fraction of sp³-hybridized carbons (Fsp3) is 0.182. The van der Waals surface area contributed by atoms with Gasteiger partial charge in [0.1, 0.15) is 15.6 Å². The van der Waals surface area contributed by atoms with Crippen molar-refractivity contribution in [1.82, 2.24) is 19.5 Å². The summed E-state index contributed by atoms with van der Waals surface area (Å²) in [6, 6.07) is 2.92. The molecule has 0 bridgehead atoms. The van der Waals surface area contributed by atoms with Gasteiger partial charge in [0.25, 0.3) is 0 Å². The van der Waals surface area contributed by atoms with Gasteiger partial charge >= 0.3 is 0 Å². The normalized spacial score (nSPS) is 11.4. The zero-order valence-corrected chi connectivity index (χ0v) is 12.3. The van der Waals surface area contributed by atoms with E-state index in [9.17, 15) is 8.42 Å². The summed E-state index contributed by atoms with van der Waals surface area (Å²) in [5.74, 6) is 0. The first-order valence-corrected chi connectivity index (χ1v) is 7.51. The molecule has 0 saturated carbocycles. The molecule has 0 aromatic carbocycles. The number of thiocarbonyl (C=S) groups is 1. The van der Waals surface area contributed by atoms with Crippen molar-refractivity contribution < 1.29 is 8.42 Å². The third kappa shape index (κ3) is 3.18. The van der Waals surface area contributed by atoms with Gasteiger partial charge < -0.3 is 5.73 Å². The molecule has 2 heterocycles. The Morgan fingerprint density at radius 3 is 2.90 bits per heavy atom. The Balaban J connectivity index is 2.25. The van der Waals surface area contributed by atoms with Crippen molar-refractivity contribution in [1.29, 1.82) is 0 Å². The second kappa shape index (κ2) is 5.65. The lowest BCUT2D eigenvalue weighted by Crippen LogP contribution is -2.26. The Hall–Kier alpha value is -1.84. The number of nitrogens with zero attached hydrogens (tertiary/aromatic N) is 3. The van der Waals surface area contributed by atoms with E-state index in [4.69, 9.17) is 18.0 Å². The summed E-state index contributed by atoms with van der Waals surface area (Å²) < 4.78 is 28.5. The van der Waals surface area contributed by atoms with Crippen LogP contribution in [0.4, 0.5) is 0 Å². The maximum atomic E-state index is 12.2. The molecule has 0 aliphatic heterocycles. The fourth-order valence-corrected chi connectivity index (χ4v) is 3.03. The number of hydrogen-bond donors (Lipinski definition) is 2. The molecule has 2 rings (SSSR count). The van der Waals surface area contributed by atoms with Crippen molar-refractivity contribution in [2.45, 2.75) is 11.4 Å². The van der Waals surface area contributed by atoms with Crippen LogP contribution in [-0.4, -0.2) is 28.2 Å². The number of pyridine rings is 1. The number of nitrogens with two attached hydrogens (primary N) is 1. The van der Waals surface area contributed by atoms with Crippen LogP contribution in [0.25, 0.3) is 0 Å². The molecule has 0 unspecified atom stereocenters. The Morgan fingerprint density at radius 1 is 1.55 bits per heavy atom. The highest BCUT2D eigenvalue weighted by atomic mass is 32.2. The Labute approximate surface area is 121 Å². The van der Waals surface area contributed by atoms with Crippen molar-refractivity contribution in [3.05, 3.63) is 42.0 Å². The van der Waals surface area contributed by atoms with Crippen molar-refractivity contribution in [3.63, 3.8) is 0 Å². The Bertz CT molecular complexity index is 739. The van der Waals surface area contributed by atoms with Gasteiger partial charge in [-0.25, -0.2) is 13.1 Å². The van der Waals surface area contributed by atoms with E-state index in [1.165, 1.54) is 18.3 Å². The number of aryl methyl sites for hydroxylation is 1. The quantitative estimate of drug-likeness (QED) is 0.749. The third-order valence-electron chi connectivity index (χ3n) is 2.52. The minimum absolute atomic E-state index is 0.0311. The van der Waals surface area contributed by atoms with E-state index < -0.39 is 10.0 Å². The number of aromatic nitrogens is 3. The predicted octanol–water partition coefficient (Wildman–Crippen LogP) is -0.0722. The molecule has 106 valence electrons. The molecule has 0 atom stereocenters. The van der Waals surface area contributed by atoms with Gasteiger partial charge in [0.05, 0.1) is 6.20 Å². The highest BCUT2D eigenvalue weighted by Crippen LogP contribution is 2.13. The number of nitrogens with one attached hydrogen (secondary N) is 1. The van der Waals surface area contributed by atoms with Crippen LogP contribution in [0.15, 0.2) is 35.6 Å². The Kier molecular flexibility index (Phi) is 4.12. The van der Waals surface area contributed by atoms with Crippen LogP contribution in [0.1, 0.15) is 11.3 Å². The largest absolute Gasteiger partial charge is 0.388 e.